The smallest absolute Gasteiger partial charge is 0.348 e. The van der Waals surface area contributed by atoms with Crippen LogP contribution in [0.5, 0.6) is 5.75 Å². The van der Waals surface area contributed by atoms with Gasteiger partial charge in [0.05, 0.1) is 0 Å². The summed E-state index contributed by atoms with van der Waals surface area (Å²) in [5.41, 5.74) is 0.609. The number of carbonyl (C=O) groups is 1. The number of phenols is 1. The molecular formula is C21H27NO3S. The van der Waals surface area contributed by atoms with Crippen LogP contribution in [-0.4, -0.2) is 42.2 Å². The van der Waals surface area contributed by atoms with Crippen molar-refractivity contribution in [3.63, 3.8) is 0 Å². The van der Waals surface area contributed by atoms with Gasteiger partial charge in [0.1, 0.15) is 16.2 Å². The third-order valence-electron chi connectivity index (χ3n) is 5.20. The molecule has 1 N–H and O–H groups in total. The van der Waals surface area contributed by atoms with Gasteiger partial charge in [-0.05, 0) is 68.9 Å². The van der Waals surface area contributed by atoms with Crippen molar-refractivity contribution in [3.8, 4) is 5.75 Å². The highest BCUT2D eigenvalue weighted by molar-refractivity contribution is 7.11. The molecule has 140 valence electrons. The van der Waals surface area contributed by atoms with E-state index in [1.165, 1.54) is 17.8 Å². The standard InChI is InChI=1S/C21H27NO3S/c1-22(2)15-18(16-8-10-17(23)11-9-16)21(12-4-3-5-13-21)25-20(24)19-7-6-14-26-19/h6-11,14,18,23H,3-5,12-13,15H2,1-2H3. The summed E-state index contributed by atoms with van der Waals surface area (Å²) in [6.07, 6.45) is 5.08. The Labute approximate surface area is 159 Å². The van der Waals surface area contributed by atoms with Crippen LogP contribution in [0.25, 0.3) is 0 Å². The first-order valence-corrected chi connectivity index (χ1v) is 10.1. The zero-order valence-corrected chi connectivity index (χ0v) is 16.3. The highest BCUT2D eigenvalue weighted by atomic mass is 32.1. The highest BCUT2D eigenvalue weighted by Crippen LogP contribution is 2.44. The van der Waals surface area contributed by atoms with E-state index in [1.54, 1.807) is 12.1 Å². The molecule has 1 saturated carbocycles. The van der Waals surface area contributed by atoms with Crippen molar-refractivity contribution in [3.05, 3.63) is 52.2 Å². The van der Waals surface area contributed by atoms with E-state index >= 15 is 0 Å². The molecular weight excluding hydrogens is 346 g/mol. The molecule has 0 aliphatic heterocycles. The van der Waals surface area contributed by atoms with E-state index in [0.717, 1.165) is 37.8 Å². The Morgan fingerprint density at radius 2 is 1.88 bits per heavy atom. The Morgan fingerprint density at radius 3 is 2.46 bits per heavy atom. The largest absolute Gasteiger partial charge is 0.508 e. The van der Waals surface area contributed by atoms with Gasteiger partial charge in [-0.3, -0.25) is 0 Å². The van der Waals surface area contributed by atoms with Gasteiger partial charge in [-0.25, -0.2) is 4.79 Å². The molecule has 4 nitrogen and oxygen atoms in total. The van der Waals surface area contributed by atoms with Gasteiger partial charge in [0.25, 0.3) is 0 Å². The first kappa shape index (κ1) is 18.9. The second-order valence-electron chi connectivity index (χ2n) is 7.40. The number of ether oxygens (including phenoxy) is 1. The second-order valence-corrected chi connectivity index (χ2v) is 8.35. The first-order chi connectivity index (χ1) is 12.5. The highest BCUT2D eigenvalue weighted by Gasteiger charge is 2.44. The number of benzene rings is 1. The molecule has 1 aliphatic carbocycles. The molecule has 0 radical (unpaired) electrons. The van der Waals surface area contributed by atoms with E-state index < -0.39 is 5.60 Å². The maximum absolute atomic E-state index is 12.8. The van der Waals surface area contributed by atoms with Crippen molar-refractivity contribution in [2.45, 2.75) is 43.6 Å². The molecule has 1 aliphatic rings. The maximum atomic E-state index is 12.8. The van der Waals surface area contributed by atoms with Crippen LogP contribution in [0.4, 0.5) is 0 Å². The van der Waals surface area contributed by atoms with Gasteiger partial charge in [0.15, 0.2) is 0 Å². The molecule has 0 amide bonds. The number of thiophene rings is 1. The fourth-order valence-electron chi connectivity index (χ4n) is 3.95. The molecule has 1 aromatic carbocycles. The molecule has 1 atom stereocenters. The third-order valence-corrected chi connectivity index (χ3v) is 6.05. The topological polar surface area (TPSA) is 49.8 Å². The van der Waals surface area contributed by atoms with Crippen molar-refractivity contribution in [1.82, 2.24) is 4.90 Å². The molecule has 3 rings (SSSR count). The zero-order chi connectivity index (χ0) is 18.6. The van der Waals surface area contributed by atoms with E-state index in [9.17, 15) is 9.90 Å². The monoisotopic (exact) mass is 373 g/mol. The molecule has 1 aromatic heterocycles. The van der Waals surface area contributed by atoms with Crippen LogP contribution >= 0.6 is 11.3 Å². The fraction of sp³-hybridized carbons (Fsp3) is 0.476. The van der Waals surface area contributed by atoms with Crippen molar-refractivity contribution in [2.24, 2.45) is 0 Å². The normalized spacial score (nSPS) is 17.8. The predicted octanol–water partition coefficient (Wildman–Crippen LogP) is 4.66. The van der Waals surface area contributed by atoms with Gasteiger partial charge in [-0.1, -0.05) is 24.6 Å². The number of esters is 1. The Bertz CT molecular complexity index is 703. The fourth-order valence-corrected chi connectivity index (χ4v) is 4.55. The second kappa shape index (κ2) is 8.23. The van der Waals surface area contributed by atoms with Gasteiger partial charge in [-0.2, -0.15) is 0 Å². The third kappa shape index (κ3) is 4.27. The van der Waals surface area contributed by atoms with Crippen molar-refractivity contribution >= 4 is 17.3 Å². The lowest BCUT2D eigenvalue weighted by molar-refractivity contribution is -0.0571. The lowest BCUT2D eigenvalue weighted by Gasteiger charge is -2.44. The quantitative estimate of drug-likeness (QED) is 0.748. The number of carbonyl (C=O) groups excluding carboxylic acids is 1. The lowest BCUT2D eigenvalue weighted by atomic mass is 9.72. The number of aromatic hydroxyl groups is 1. The van der Waals surface area contributed by atoms with Crippen LogP contribution in [0.1, 0.15) is 53.3 Å². The summed E-state index contributed by atoms with van der Waals surface area (Å²) in [6, 6.07) is 11.1. The number of nitrogens with zero attached hydrogens (tertiary/aromatic N) is 1. The van der Waals surface area contributed by atoms with Crippen molar-refractivity contribution in [1.29, 1.82) is 0 Å². The summed E-state index contributed by atoms with van der Waals surface area (Å²) in [5, 5.41) is 11.6. The van der Waals surface area contributed by atoms with Gasteiger partial charge in [-0.15, -0.1) is 11.3 Å². The van der Waals surface area contributed by atoms with Crippen LogP contribution in [0.2, 0.25) is 0 Å². The van der Waals surface area contributed by atoms with E-state index in [4.69, 9.17) is 4.74 Å². The minimum Gasteiger partial charge on any atom is -0.508 e. The van der Waals surface area contributed by atoms with E-state index in [0.29, 0.717) is 4.88 Å². The molecule has 0 bridgehead atoms. The van der Waals surface area contributed by atoms with Gasteiger partial charge >= 0.3 is 5.97 Å². The van der Waals surface area contributed by atoms with Crippen molar-refractivity contribution in [2.75, 3.05) is 20.6 Å². The summed E-state index contributed by atoms with van der Waals surface area (Å²) < 4.78 is 6.25. The lowest BCUT2D eigenvalue weighted by Crippen LogP contribution is -2.46. The summed E-state index contributed by atoms with van der Waals surface area (Å²) in [6.45, 7) is 0.794. The molecule has 0 saturated heterocycles. The Hall–Kier alpha value is -1.85. The molecule has 5 heteroatoms. The summed E-state index contributed by atoms with van der Waals surface area (Å²) in [7, 11) is 4.09. The molecule has 1 heterocycles. The molecule has 0 spiro atoms. The Kier molecular flexibility index (Phi) is 5.99. The van der Waals surface area contributed by atoms with Crippen LogP contribution in [-0.2, 0) is 4.74 Å². The first-order valence-electron chi connectivity index (χ1n) is 9.21. The SMILES string of the molecule is CN(C)CC(c1ccc(O)cc1)C1(OC(=O)c2cccs2)CCCCC1. The number of likely N-dealkylation sites (N-methyl/N-ethyl adjacent to an activating group) is 1. The Balaban J connectivity index is 1.95. The van der Waals surface area contributed by atoms with Crippen LogP contribution in [0.15, 0.2) is 41.8 Å². The van der Waals surface area contributed by atoms with Gasteiger partial charge < -0.3 is 14.7 Å². The predicted molar refractivity (Wildman–Crippen MR) is 105 cm³/mol. The number of hydrogen-bond donors (Lipinski definition) is 1. The molecule has 26 heavy (non-hydrogen) atoms. The Morgan fingerprint density at radius 1 is 1.19 bits per heavy atom. The van der Waals surface area contributed by atoms with Gasteiger partial charge in [0, 0.05) is 12.5 Å². The van der Waals surface area contributed by atoms with Crippen LogP contribution in [0.3, 0.4) is 0 Å². The van der Waals surface area contributed by atoms with E-state index in [2.05, 4.69) is 4.90 Å². The average molecular weight is 374 g/mol. The molecule has 2 aromatic rings. The number of phenolic OH excluding ortho intramolecular Hbond substituents is 1. The minimum absolute atomic E-state index is 0.0716. The summed E-state index contributed by atoms with van der Waals surface area (Å²) in [4.78, 5) is 15.6. The maximum Gasteiger partial charge on any atom is 0.348 e. The van der Waals surface area contributed by atoms with E-state index in [1.807, 2.05) is 43.7 Å². The number of hydrogen-bond acceptors (Lipinski definition) is 5. The zero-order valence-electron chi connectivity index (χ0n) is 15.5. The van der Waals surface area contributed by atoms with Gasteiger partial charge in [0.2, 0.25) is 0 Å². The van der Waals surface area contributed by atoms with E-state index in [-0.39, 0.29) is 17.6 Å². The van der Waals surface area contributed by atoms with Crippen LogP contribution in [0, 0.1) is 0 Å². The number of rotatable bonds is 6. The molecule has 1 fully saturated rings. The van der Waals surface area contributed by atoms with Crippen molar-refractivity contribution < 1.29 is 14.6 Å². The summed E-state index contributed by atoms with van der Waals surface area (Å²) in [5.74, 6) is 0.109. The molecule has 1 unspecified atom stereocenters. The van der Waals surface area contributed by atoms with Crippen LogP contribution < -0.4 is 0 Å². The summed E-state index contributed by atoms with van der Waals surface area (Å²) >= 11 is 1.42. The minimum atomic E-state index is -0.499. The average Bonchev–Trinajstić information content (AvgIpc) is 3.16.